The van der Waals surface area contributed by atoms with Crippen molar-refractivity contribution in [3.05, 3.63) is 0 Å². The number of hydrogen-bond acceptors (Lipinski definition) is 3. The number of carbonyl (C=O) groups is 2. The molecular formula is C12H21N3O3. The number of carboxylic acids is 1. The molecule has 4 N–H and O–H groups in total. The molecule has 1 aliphatic carbocycles. The summed E-state index contributed by atoms with van der Waals surface area (Å²) in [5.41, 5.74) is 4.92. The molecule has 1 saturated carbocycles. The number of aliphatic carboxylic acids is 1. The zero-order valence-corrected chi connectivity index (χ0v) is 10.7. The molecular weight excluding hydrogens is 234 g/mol. The van der Waals surface area contributed by atoms with Crippen molar-refractivity contribution in [1.29, 1.82) is 0 Å². The van der Waals surface area contributed by atoms with E-state index in [-0.39, 0.29) is 18.1 Å². The second-order valence-corrected chi connectivity index (χ2v) is 5.61. The third-order valence-corrected chi connectivity index (χ3v) is 4.26. The molecule has 2 amide bonds. The number of carboxylic acid groups (broad SMARTS) is 1. The Hall–Kier alpha value is -1.30. The van der Waals surface area contributed by atoms with E-state index in [2.05, 4.69) is 5.32 Å². The van der Waals surface area contributed by atoms with Crippen LogP contribution < -0.4 is 11.1 Å². The molecule has 6 nitrogen and oxygen atoms in total. The van der Waals surface area contributed by atoms with E-state index in [1.807, 2.05) is 0 Å². The van der Waals surface area contributed by atoms with Crippen LogP contribution in [0.2, 0.25) is 0 Å². The van der Waals surface area contributed by atoms with Gasteiger partial charge in [0.05, 0.1) is 5.41 Å². The number of nitrogens with zero attached hydrogens (tertiary/aromatic N) is 1. The van der Waals surface area contributed by atoms with Gasteiger partial charge in [0, 0.05) is 25.2 Å². The molecule has 102 valence electrons. The number of likely N-dealkylation sites (tertiary alicyclic amines) is 1. The molecule has 2 rings (SSSR count). The molecule has 2 fully saturated rings. The fraction of sp³-hybridized carbons (Fsp3) is 0.833. The van der Waals surface area contributed by atoms with Crippen molar-refractivity contribution in [3.63, 3.8) is 0 Å². The molecule has 0 aromatic carbocycles. The van der Waals surface area contributed by atoms with Gasteiger partial charge in [-0.2, -0.15) is 0 Å². The third kappa shape index (κ3) is 2.29. The van der Waals surface area contributed by atoms with Crippen LogP contribution in [0.25, 0.3) is 0 Å². The second-order valence-electron chi connectivity index (χ2n) is 5.61. The third-order valence-electron chi connectivity index (χ3n) is 4.26. The average Bonchev–Trinajstić information content (AvgIpc) is 2.87. The fourth-order valence-electron chi connectivity index (χ4n) is 2.87. The number of nitrogens with two attached hydrogens (primary N) is 1. The fourth-order valence-corrected chi connectivity index (χ4v) is 2.87. The van der Waals surface area contributed by atoms with Crippen molar-refractivity contribution in [3.8, 4) is 0 Å². The first-order valence-electron chi connectivity index (χ1n) is 6.48. The predicted octanol–water partition coefficient (Wildman–Crippen LogP) is 0.372. The van der Waals surface area contributed by atoms with Crippen molar-refractivity contribution in [2.45, 2.75) is 44.7 Å². The molecule has 0 bridgehead atoms. The maximum absolute atomic E-state index is 12.0. The van der Waals surface area contributed by atoms with Crippen molar-refractivity contribution >= 4 is 12.0 Å². The van der Waals surface area contributed by atoms with Crippen molar-refractivity contribution in [1.82, 2.24) is 10.2 Å². The summed E-state index contributed by atoms with van der Waals surface area (Å²) >= 11 is 0. The summed E-state index contributed by atoms with van der Waals surface area (Å²) in [6, 6.07) is -0.410. The van der Waals surface area contributed by atoms with Crippen LogP contribution in [0.15, 0.2) is 0 Å². The Kier molecular flexibility index (Phi) is 3.47. The maximum atomic E-state index is 12.0. The Morgan fingerprint density at radius 2 is 2.17 bits per heavy atom. The second kappa shape index (κ2) is 4.76. The molecule has 3 atom stereocenters. The molecule has 1 heterocycles. The van der Waals surface area contributed by atoms with Gasteiger partial charge in [0.25, 0.3) is 0 Å². The highest BCUT2D eigenvalue weighted by Gasteiger charge is 2.46. The highest BCUT2D eigenvalue weighted by Crippen LogP contribution is 2.38. The Balaban J connectivity index is 1.96. The molecule has 0 spiro atoms. The smallest absolute Gasteiger partial charge is 0.317 e. The van der Waals surface area contributed by atoms with E-state index in [4.69, 9.17) is 5.73 Å². The normalized spacial score (nSPS) is 35.8. The summed E-state index contributed by atoms with van der Waals surface area (Å²) in [6.45, 7) is 2.93. The van der Waals surface area contributed by atoms with Gasteiger partial charge in [-0.1, -0.05) is 6.42 Å². The highest BCUT2D eigenvalue weighted by molar-refractivity contribution is 5.79. The first-order valence-corrected chi connectivity index (χ1v) is 6.48. The van der Waals surface area contributed by atoms with E-state index in [0.717, 1.165) is 19.3 Å². The SMILES string of the molecule is CC1(C(=O)O)CCCC1NC(=O)N1CCC(N)C1. The van der Waals surface area contributed by atoms with Crippen LogP contribution in [0.4, 0.5) is 4.79 Å². The van der Waals surface area contributed by atoms with E-state index in [9.17, 15) is 14.7 Å². The monoisotopic (exact) mass is 255 g/mol. The van der Waals surface area contributed by atoms with Gasteiger partial charge < -0.3 is 21.1 Å². The number of urea groups is 1. The molecule has 2 aliphatic rings. The number of nitrogens with one attached hydrogen (secondary N) is 1. The number of amides is 2. The van der Waals surface area contributed by atoms with E-state index in [1.165, 1.54) is 0 Å². The van der Waals surface area contributed by atoms with Crippen LogP contribution in [0.1, 0.15) is 32.6 Å². The molecule has 0 radical (unpaired) electrons. The maximum Gasteiger partial charge on any atom is 0.317 e. The van der Waals surface area contributed by atoms with Gasteiger partial charge in [-0.15, -0.1) is 0 Å². The van der Waals surface area contributed by atoms with Gasteiger partial charge in [0.2, 0.25) is 0 Å². The minimum absolute atomic E-state index is 0.0465. The lowest BCUT2D eigenvalue weighted by molar-refractivity contribution is -0.148. The first kappa shape index (κ1) is 13.1. The van der Waals surface area contributed by atoms with Gasteiger partial charge in [-0.05, 0) is 26.2 Å². The topological polar surface area (TPSA) is 95.7 Å². The van der Waals surface area contributed by atoms with E-state index >= 15 is 0 Å². The number of carbonyl (C=O) groups excluding carboxylic acids is 1. The van der Waals surface area contributed by atoms with E-state index in [0.29, 0.717) is 19.5 Å². The van der Waals surface area contributed by atoms with Gasteiger partial charge in [-0.3, -0.25) is 4.79 Å². The summed E-state index contributed by atoms with van der Waals surface area (Å²) in [5.74, 6) is -0.830. The lowest BCUT2D eigenvalue weighted by atomic mass is 9.85. The number of hydrogen-bond donors (Lipinski definition) is 3. The molecule has 6 heteroatoms. The highest BCUT2D eigenvalue weighted by atomic mass is 16.4. The summed E-state index contributed by atoms with van der Waals surface area (Å²) in [6.07, 6.45) is 3.00. The van der Waals surface area contributed by atoms with E-state index < -0.39 is 11.4 Å². The summed E-state index contributed by atoms with van der Waals surface area (Å²) in [4.78, 5) is 25.0. The molecule has 1 aliphatic heterocycles. The van der Waals surface area contributed by atoms with Gasteiger partial charge >= 0.3 is 12.0 Å². The summed E-state index contributed by atoms with van der Waals surface area (Å²) in [7, 11) is 0. The van der Waals surface area contributed by atoms with Crippen molar-refractivity contribution < 1.29 is 14.7 Å². The van der Waals surface area contributed by atoms with Gasteiger partial charge in [0.1, 0.15) is 0 Å². The van der Waals surface area contributed by atoms with Crippen molar-refractivity contribution in [2.75, 3.05) is 13.1 Å². The van der Waals surface area contributed by atoms with Gasteiger partial charge in [0.15, 0.2) is 0 Å². The predicted molar refractivity (Wildman–Crippen MR) is 66.1 cm³/mol. The van der Waals surface area contributed by atoms with Crippen LogP contribution >= 0.6 is 0 Å². The average molecular weight is 255 g/mol. The zero-order valence-electron chi connectivity index (χ0n) is 10.7. The lowest BCUT2D eigenvalue weighted by Crippen LogP contribution is -2.51. The Bertz CT molecular complexity index is 360. The van der Waals surface area contributed by atoms with Crippen LogP contribution in [-0.2, 0) is 4.79 Å². The zero-order chi connectivity index (χ0) is 13.3. The molecule has 0 aromatic rings. The molecule has 0 aromatic heterocycles. The van der Waals surface area contributed by atoms with Crippen LogP contribution in [0.3, 0.4) is 0 Å². The Morgan fingerprint density at radius 3 is 2.72 bits per heavy atom. The van der Waals surface area contributed by atoms with Gasteiger partial charge in [-0.25, -0.2) is 4.79 Å². The van der Waals surface area contributed by atoms with Crippen LogP contribution in [0, 0.1) is 5.41 Å². The summed E-state index contributed by atoms with van der Waals surface area (Å²) in [5, 5.41) is 12.1. The Morgan fingerprint density at radius 1 is 1.44 bits per heavy atom. The van der Waals surface area contributed by atoms with Crippen LogP contribution in [0.5, 0.6) is 0 Å². The minimum Gasteiger partial charge on any atom is -0.481 e. The first-order chi connectivity index (χ1) is 8.43. The largest absolute Gasteiger partial charge is 0.481 e. The lowest BCUT2D eigenvalue weighted by Gasteiger charge is -2.29. The minimum atomic E-state index is -0.836. The number of rotatable bonds is 2. The Labute approximate surface area is 107 Å². The molecule has 3 unspecified atom stereocenters. The molecule has 1 saturated heterocycles. The standard InChI is InChI=1S/C12H21N3O3/c1-12(10(16)17)5-2-3-9(12)14-11(18)15-6-4-8(13)7-15/h8-9H,2-7,13H2,1H3,(H,14,18)(H,16,17). The van der Waals surface area contributed by atoms with E-state index in [1.54, 1.807) is 11.8 Å². The summed E-state index contributed by atoms with van der Waals surface area (Å²) < 4.78 is 0. The molecule has 18 heavy (non-hydrogen) atoms. The quantitative estimate of drug-likeness (QED) is 0.664. The van der Waals surface area contributed by atoms with Crippen molar-refractivity contribution in [2.24, 2.45) is 11.1 Å². The van der Waals surface area contributed by atoms with Crippen LogP contribution in [-0.4, -0.2) is 47.2 Å².